The van der Waals surface area contributed by atoms with E-state index in [-0.39, 0.29) is 17.2 Å². The zero-order chi connectivity index (χ0) is 21.1. The van der Waals surface area contributed by atoms with Gasteiger partial charge in [0.05, 0.1) is 0 Å². The number of hydrogen-bond donors (Lipinski definition) is 4. The number of carboxylic acids is 1. The molecule has 0 amide bonds. The zero-order valence-corrected chi connectivity index (χ0v) is 17.7. The maximum atomic E-state index is 10.2. The number of hydrogen-bond acceptors (Lipinski definition) is 6. The molecule has 1 heterocycles. The molecule has 2 aromatic rings. The third-order valence-electron chi connectivity index (χ3n) is 4.18. The Morgan fingerprint density at radius 3 is 2.17 bits per heavy atom. The molecule has 0 spiro atoms. The lowest BCUT2D eigenvalue weighted by molar-refractivity contribution is -0.137. The van der Waals surface area contributed by atoms with Crippen LogP contribution in [-0.2, 0) is 4.79 Å². The molecular formula is C22H26O5S2. The average Bonchev–Trinajstić information content (AvgIpc) is 3.18. The highest BCUT2D eigenvalue weighted by Crippen LogP contribution is 2.39. The number of aliphatic carboxylic acids is 1. The lowest BCUT2D eigenvalue weighted by Crippen LogP contribution is -1.99. The van der Waals surface area contributed by atoms with Crippen LogP contribution >= 0.6 is 21.6 Å². The van der Waals surface area contributed by atoms with Crippen molar-refractivity contribution < 1.29 is 25.2 Å². The first-order valence-corrected chi connectivity index (χ1v) is 11.8. The van der Waals surface area contributed by atoms with E-state index < -0.39 is 5.97 Å². The van der Waals surface area contributed by atoms with Crippen LogP contribution in [0, 0.1) is 0 Å². The van der Waals surface area contributed by atoms with Gasteiger partial charge in [-0.05, 0) is 54.7 Å². The molecule has 3 rings (SSSR count). The number of carbonyl (C=O) groups is 1. The largest absolute Gasteiger partial charge is 0.508 e. The molecule has 0 saturated carbocycles. The van der Waals surface area contributed by atoms with E-state index in [9.17, 15) is 15.0 Å². The summed E-state index contributed by atoms with van der Waals surface area (Å²) < 4.78 is 0. The number of phenolic OH excluding ortho intramolecular Hbond substituents is 3. The van der Waals surface area contributed by atoms with E-state index in [0.29, 0.717) is 12.0 Å². The van der Waals surface area contributed by atoms with Gasteiger partial charge in [-0.2, -0.15) is 0 Å². The van der Waals surface area contributed by atoms with Crippen molar-refractivity contribution in [3.63, 3.8) is 0 Å². The first kappa shape index (κ1) is 23.0. The minimum absolute atomic E-state index is 0.0235. The normalized spacial score (nSPS) is 15.8. The van der Waals surface area contributed by atoms with Crippen LogP contribution in [0.1, 0.15) is 43.2 Å². The first-order valence-electron chi connectivity index (χ1n) is 9.42. The molecule has 2 aromatic carbocycles. The van der Waals surface area contributed by atoms with Gasteiger partial charge in [0.1, 0.15) is 17.2 Å². The van der Waals surface area contributed by atoms with Crippen LogP contribution in [-0.4, -0.2) is 37.4 Å². The van der Waals surface area contributed by atoms with E-state index in [1.807, 2.05) is 27.7 Å². The predicted octanol–water partition coefficient (Wildman–Crippen LogP) is 5.76. The maximum Gasteiger partial charge on any atom is 0.303 e. The highest BCUT2D eigenvalue weighted by atomic mass is 33.1. The Hall–Kier alpha value is -2.25. The van der Waals surface area contributed by atoms with Crippen molar-refractivity contribution in [1.29, 1.82) is 0 Å². The fourth-order valence-corrected chi connectivity index (χ4v) is 5.73. The van der Waals surface area contributed by atoms with Crippen LogP contribution in [0.15, 0.2) is 42.5 Å². The molecule has 5 nitrogen and oxygen atoms in total. The van der Waals surface area contributed by atoms with Crippen LogP contribution in [0.25, 0.3) is 12.2 Å². The van der Waals surface area contributed by atoms with Gasteiger partial charge in [0.15, 0.2) is 0 Å². The summed E-state index contributed by atoms with van der Waals surface area (Å²) in [5, 5.41) is 36.9. The molecular weight excluding hydrogens is 408 g/mol. The third-order valence-corrected chi connectivity index (χ3v) is 7.19. The van der Waals surface area contributed by atoms with Gasteiger partial charge in [0, 0.05) is 23.5 Å². The topological polar surface area (TPSA) is 98.0 Å². The van der Waals surface area contributed by atoms with Gasteiger partial charge in [0.25, 0.3) is 0 Å². The Morgan fingerprint density at radius 2 is 1.59 bits per heavy atom. The van der Waals surface area contributed by atoms with Crippen molar-refractivity contribution in [3.8, 4) is 17.2 Å². The molecule has 4 N–H and O–H groups in total. The van der Waals surface area contributed by atoms with Gasteiger partial charge in [-0.1, -0.05) is 52.3 Å². The SMILES string of the molecule is O=C(O)CCCC[C@@H]1CCSS1.Oc1ccc(/C=C/c2cc(O)cc(O)c2)cc1. The van der Waals surface area contributed by atoms with Gasteiger partial charge in [-0.3, -0.25) is 4.79 Å². The van der Waals surface area contributed by atoms with Crippen LogP contribution < -0.4 is 0 Å². The Morgan fingerprint density at radius 1 is 0.931 bits per heavy atom. The Bertz CT molecular complexity index is 779. The molecule has 0 aliphatic carbocycles. The zero-order valence-electron chi connectivity index (χ0n) is 16.0. The summed E-state index contributed by atoms with van der Waals surface area (Å²) in [6, 6.07) is 11.1. The molecule has 1 saturated heterocycles. The summed E-state index contributed by atoms with van der Waals surface area (Å²) in [6.07, 6.45) is 8.36. The van der Waals surface area contributed by atoms with E-state index in [1.165, 1.54) is 24.7 Å². The number of aromatic hydroxyl groups is 3. The van der Waals surface area contributed by atoms with E-state index in [1.54, 1.807) is 42.5 Å². The summed E-state index contributed by atoms with van der Waals surface area (Å²) in [5.74, 6) is 0.875. The third kappa shape index (κ3) is 9.67. The van der Waals surface area contributed by atoms with Crippen molar-refractivity contribution in [2.75, 3.05) is 5.75 Å². The van der Waals surface area contributed by atoms with Crippen molar-refractivity contribution in [1.82, 2.24) is 0 Å². The quantitative estimate of drug-likeness (QED) is 0.250. The van der Waals surface area contributed by atoms with Crippen LogP contribution in [0.3, 0.4) is 0 Å². The Kier molecular flexibility index (Phi) is 9.80. The average molecular weight is 435 g/mol. The van der Waals surface area contributed by atoms with Crippen molar-refractivity contribution in [2.24, 2.45) is 0 Å². The Balaban J connectivity index is 0.000000221. The van der Waals surface area contributed by atoms with Gasteiger partial charge in [-0.25, -0.2) is 0 Å². The van der Waals surface area contributed by atoms with Gasteiger partial charge < -0.3 is 20.4 Å². The van der Waals surface area contributed by atoms with Gasteiger partial charge >= 0.3 is 5.97 Å². The molecule has 0 bridgehead atoms. The van der Waals surface area contributed by atoms with E-state index in [4.69, 9.17) is 10.2 Å². The minimum Gasteiger partial charge on any atom is -0.508 e. The van der Waals surface area contributed by atoms with Crippen molar-refractivity contribution in [3.05, 3.63) is 53.6 Å². The summed E-state index contributed by atoms with van der Waals surface area (Å²) in [7, 11) is 3.92. The van der Waals surface area contributed by atoms with E-state index in [0.717, 1.165) is 23.7 Å². The number of carboxylic acid groups (broad SMARTS) is 1. The van der Waals surface area contributed by atoms with Gasteiger partial charge in [-0.15, -0.1) is 0 Å². The van der Waals surface area contributed by atoms with Gasteiger partial charge in [0.2, 0.25) is 0 Å². The summed E-state index contributed by atoms with van der Waals surface area (Å²) in [5.41, 5.74) is 1.63. The monoisotopic (exact) mass is 434 g/mol. The molecule has 0 aromatic heterocycles. The highest BCUT2D eigenvalue weighted by Gasteiger charge is 2.15. The molecule has 1 fully saturated rings. The second-order valence-corrected chi connectivity index (χ2v) is 9.46. The molecule has 156 valence electrons. The fourth-order valence-electron chi connectivity index (χ4n) is 2.70. The number of phenols is 3. The van der Waals surface area contributed by atoms with E-state index in [2.05, 4.69) is 0 Å². The molecule has 0 radical (unpaired) electrons. The lowest BCUT2D eigenvalue weighted by Gasteiger charge is -2.04. The Labute approximate surface area is 178 Å². The number of rotatable bonds is 7. The minimum atomic E-state index is -0.663. The number of unbranched alkanes of at least 4 members (excludes halogenated alkanes) is 1. The highest BCUT2D eigenvalue weighted by molar-refractivity contribution is 8.77. The maximum absolute atomic E-state index is 10.2. The van der Waals surface area contributed by atoms with Crippen LogP contribution in [0.4, 0.5) is 0 Å². The van der Waals surface area contributed by atoms with Crippen LogP contribution in [0.2, 0.25) is 0 Å². The molecule has 29 heavy (non-hydrogen) atoms. The van der Waals surface area contributed by atoms with Crippen molar-refractivity contribution in [2.45, 2.75) is 37.4 Å². The number of benzene rings is 2. The smallest absolute Gasteiger partial charge is 0.303 e. The predicted molar refractivity (Wildman–Crippen MR) is 121 cm³/mol. The molecule has 1 aliphatic rings. The molecule has 1 aliphatic heterocycles. The summed E-state index contributed by atoms with van der Waals surface area (Å²) in [4.78, 5) is 10.2. The molecule has 0 unspecified atom stereocenters. The fraction of sp³-hybridized carbons (Fsp3) is 0.318. The standard InChI is InChI=1S/C14H12O3.C8H14O2S2/c15-12-5-3-10(4-6-12)1-2-11-7-13(16)9-14(17)8-11;9-8(10)4-2-1-3-7-5-6-11-12-7/h1-9,15-17H;7H,1-6H2,(H,9,10)/b2-1+;/t;7-/m.1/s1. The lowest BCUT2D eigenvalue weighted by atomic mass is 10.1. The molecule has 7 heteroatoms. The summed E-state index contributed by atoms with van der Waals surface area (Å²) in [6.45, 7) is 0. The first-order chi connectivity index (χ1) is 13.9. The molecule has 1 atom stereocenters. The van der Waals surface area contributed by atoms with Crippen LogP contribution in [0.5, 0.6) is 17.2 Å². The summed E-state index contributed by atoms with van der Waals surface area (Å²) >= 11 is 0. The second kappa shape index (κ2) is 12.3. The van der Waals surface area contributed by atoms with Crippen molar-refractivity contribution >= 4 is 39.7 Å². The second-order valence-electron chi connectivity index (χ2n) is 6.68. The van der Waals surface area contributed by atoms with E-state index >= 15 is 0 Å².